The lowest BCUT2D eigenvalue weighted by atomic mass is 10.1. The van der Waals surface area contributed by atoms with Gasteiger partial charge in [0.1, 0.15) is 31.3 Å². The number of anilines is 2. The SMILES string of the molecule is CC(Sc1ccc(NC(=O)/C(=C/c2ccc(OCc3ccccc3)cc2)NC(=O)c2ccccc2)cc1)C(=O)Nc1ccc2c(c1)OCCO2. The smallest absolute Gasteiger partial charge is 0.272 e. The average Bonchev–Trinajstić information content (AvgIpc) is 3.15. The largest absolute Gasteiger partial charge is 0.489 e. The fourth-order valence-electron chi connectivity index (χ4n) is 4.95. The molecule has 0 saturated heterocycles. The number of rotatable bonds is 12. The summed E-state index contributed by atoms with van der Waals surface area (Å²) in [5, 5.41) is 8.16. The van der Waals surface area contributed by atoms with E-state index in [1.165, 1.54) is 11.8 Å². The molecular formula is C40H35N3O6S. The molecule has 1 aliphatic rings. The zero-order valence-corrected chi connectivity index (χ0v) is 28.1. The van der Waals surface area contributed by atoms with Crippen molar-refractivity contribution >= 4 is 46.9 Å². The number of fused-ring (bicyclic) bond motifs is 1. The predicted octanol–water partition coefficient (Wildman–Crippen LogP) is 7.57. The first-order valence-corrected chi connectivity index (χ1v) is 16.9. The summed E-state index contributed by atoms with van der Waals surface area (Å²) in [7, 11) is 0. The molecule has 0 aromatic heterocycles. The molecule has 5 aromatic rings. The predicted molar refractivity (Wildman–Crippen MR) is 196 cm³/mol. The third kappa shape index (κ3) is 9.33. The van der Waals surface area contributed by atoms with Crippen LogP contribution in [0.5, 0.6) is 17.2 Å². The van der Waals surface area contributed by atoms with E-state index in [0.29, 0.717) is 59.6 Å². The minimum Gasteiger partial charge on any atom is -0.489 e. The molecule has 252 valence electrons. The molecule has 0 spiro atoms. The van der Waals surface area contributed by atoms with E-state index < -0.39 is 17.1 Å². The molecule has 5 aromatic carbocycles. The van der Waals surface area contributed by atoms with Crippen LogP contribution in [0, 0.1) is 0 Å². The van der Waals surface area contributed by atoms with Gasteiger partial charge in [0.25, 0.3) is 11.8 Å². The summed E-state index contributed by atoms with van der Waals surface area (Å²) in [6.45, 7) is 3.22. The summed E-state index contributed by atoms with van der Waals surface area (Å²) in [4.78, 5) is 40.3. The zero-order chi connectivity index (χ0) is 34.7. The molecular weight excluding hydrogens is 651 g/mol. The molecule has 1 aliphatic heterocycles. The summed E-state index contributed by atoms with van der Waals surface area (Å²) in [5.41, 5.74) is 3.39. The summed E-state index contributed by atoms with van der Waals surface area (Å²) < 4.78 is 17.0. The highest BCUT2D eigenvalue weighted by Gasteiger charge is 2.18. The first-order chi connectivity index (χ1) is 24.4. The lowest BCUT2D eigenvalue weighted by molar-refractivity contribution is -0.115. The van der Waals surface area contributed by atoms with Crippen LogP contribution < -0.4 is 30.2 Å². The fourth-order valence-corrected chi connectivity index (χ4v) is 5.82. The number of carbonyl (C=O) groups excluding carboxylic acids is 3. The van der Waals surface area contributed by atoms with Gasteiger partial charge in [-0.05, 0) is 84.8 Å². The first-order valence-electron chi connectivity index (χ1n) is 16.0. The quantitative estimate of drug-likeness (QED) is 0.0917. The molecule has 9 nitrogen and oxygen atoms in total. The van der Waals surface area contributed by atoms with Gasteiger partial charge in [-0.25, -0.2) is 0 Å². The monoisotopic (exact) mass is 685 g/mol. The van der Waals surface area contributed by atoms with Crippen molar-refractivity contribution in [2.45, 2.75) is 23.7 Å². The number of hydrogen-bond donors (Lipinski definition) is 3. The molecule has 0 radical (unpaired) electrons. The van der Waals surface area contributed by atoms with Crippen LogP contribution in [0.4, 0.5) is 11.4 Å². The molecule has 1 atom stereocenters. The summed E-state index contributed by atoms with van der Waals surface area (Å²) in [5.74, 6) is 0.870. The zero-order valence-electron chi connectivity index (χ0n) is 27.3. The van der Waals surface area contributed by atoms with Crippen LogP contribution in [-0.4, -0.2) is 36.2 Å². The van der Waals surface area contributed by atoms with Gasteiger partial charge in [-0.2, -0.15) is 0 Å². The molecule has 3 amide bonds. The Morgan fingerprint density at radius 3 is 2.14 bits per heavy atom. The number of thioether (sulfide) groups is 1. The number of benzene rings is 5. The van der Waals surface area contributed by atoms with Crippen molar-refractivity contribution in [2.75, 3.05) is 23.8 Å². The van der Waals surface area contributed by atoms with Gasteiger partial charge >= 0.3 is 0 Å². The number of nitrogens with one attached hydrogen (secondary N) is 3. The first kappa shape index (κ1) is 33.9. The molecule has 0 saturated carbocycles. The molecule has 1 unspecified atom stereocenters. The maximum atomic E-state index is 13.5. The molecule has 0 fully saturated rings. The van der Waals surface area contributed by atoms with E-state index in [9.17, 15) is 14.4 Å². The number of hydrogen-bond acceptors (Lipinski definition) is 7. The van der Waals surface area contributed by atoms with Crippen molar-refractivity contribution in [1.29, 1.82) is 0 Å². The van der Waals surface area contributed by atoms with Crippen LogP contribution in [0.25, 0.3) is 6.08 Å². The molecule has 6 rings (SSSR count). The number of carbonyl (C=O) groups is 3. The van der Waals surface area contributed by atoms with E-state index in [1.54, 1.807) is 60.7 Å². The Hall–Kier alpha value is -6.00. The molecule has 50 heavy (non-hydrogen) atoms. The van der Waals surface area contributed by atoms with Gasteiger partial charge < -0.3 is 30.2 Å². The van der Waals surface area contributed by atoms with Crippen LogP contribution in [0.2, 0.25) is 0 Å². The Morgan fingerprint density at radius 1 is 0.760 bits per heavy atom. The lowest BCUT2D eigenvalue weighted by Crippen LogP contribution is -2.30. The minimum absolute atomic E-state index is 0.0692. The van der Waals surface area contributed by atoms with Gasteiger partial charge in [0.05, 0.1) is 5.25 Å². The maximum Gasteiger partial charge on any atom is 0.272 e. The highest BCUT2D eigenvalue weighted by atomic mass is 32.2. The topological polar surface area (TPSA) is 115 Å². The minimum atomic E-state index is -0.494. The van der Waals surface area contributed by atoms with E-state index in [1.807, 2.05) is 79.7 Å². The normalized spacial score (nSPS) is 12.7. The molecule has 1 heterocycles. The average molecular weight is 686 g/mol. The van der Waals surface area contributed by atoms with Crippen LogP contribution >= 0.6 is 11.8 Å². The van der Waals surface area contributed by atoms with Gasteiger partial charge in [0, 0.05) is 27.9 Å². The van der Waals surface area contributed by atoms with Crippen molar-refractivity contribution in [3.63, 3.8) is 0 Å². The number of ether oxygens (including phenoxy) is 3. The number of amides is 3. The third-order valence-corrected chi connectivity index (χ3v) is 8.68. The Labute approximate surface area is 294 Å². The van der Waals surface area contributed by atoms with Gasteiger partial charge in [0.2, 0.25) is 5.91 Å². The van der Waals surface area contributed by atoms with Crippen molar-refractivity contribution < 1.29 is 28.6 Å². The summed E-state index contributed by atoms with van der Waals surface area (Å²) in [6.07, 6.45) is 1.61. The van der Waals surface area contributed by atoms with E-state index >= 15 is 0 Å². The van der Waals surface area contributed by atoms with Crippen molar-refractivity contribution in [1.82, 2.24) is 5.32 Å². The highest BCUT2D eigenvalue weighted by molar-refractivity contribution is 8.00. The van der Waals surface area contributed by atoms with Crippen LogP contribution in [-0.2, 0) is 16.2 Å². The van der Waals surface area contributed by atoms with Crippen LogP contribution in [0.3, 0.4) is 0 Å². The second kappa shape index (κ2) is 16.4. The lowest BCUT2D eigenvalue weighted by Gasteiger charge is -2.19. The van der Waals surface area contributed by atoms with E-state index in [-0.39, 0.29) is 11.6 Å². The second-order valence-corrected chi connectivity index (χ2v) is 12.7. The van der Waals surface area contributed by atoms with Crippen LogP contribution in [0.1, 0.15) is 28.4 Å². The molecule has 10 heteroatoms. The standard InChI is InChI=1S/C40H35N3O6S/c1-27(38(44)42-32-16-21-36-37(25-32)48-23-22-47-36)50-34-19-14-31(15-20-34)41-40(46)35(43-39(45)30-10-6-3-7-11-30)24-28-12-17-33(18-13-28)49-26-29-8-4-2-5-9-29/h2-21,24-25,27H,22-23,26H2,1H3,(H,41,46)(H,42,44)(H,43,45)/b35-24-. The van der Waals surface area contributed by atoms with E-state index in [2.05, 4.69) is 16.0 Å². The second-order valence-electron chi connectivity index (χ2n) is 11.3. The van der Waals surface area contributed by atoms with Gasteiger partial charge in [-0.1, -0.05) is 60.7 Å². The van der Waals surface area contributed by atoms with Gasteiger partial charge in [-0.15, -0.1) is 11.8 Å². The Balaban J connectivity index is 1.09. The van der Waals surface area contributed by atoms with E-state index in [0.717, 1.165) is 10.5 Å². The highest BCUT2D eigenvalue weighted by Crippen LogP contribution is 2.33. The van der Waals surface area contributed by atoms with Crippen molar-refractivity contribution in [3.8, 4) is 17.2 Å². The maximum absolute atomic E-state index is 13.5. The Bertz CT molecular complexity index is 1970. The summed E-state index contributed by atoms with van der Waals surface area (Å²) in [6, 6.07) is 38.3. The Kier molecular flexibility index (Phi) is 11.1. The molecule has 0 bridgehead atoms. The van der Waals surface area contributed by atoms with Crippen molar-refractivity contribution in [2.24, 2.45) is 0 Å². The van der Waals surface area contributed by atoms with Crippen molar-refractivity contribution in [3.05, 3.63) is 150 Å². The van der Waals surface area contributed by atoms with Gasteiger partial charge in [0.15, 0.2) is 11.5 Å². The van der Waals surface area contributed by atoms with E-state index in [4.69, 9.17) is 14.2 Å². The third-order valence-electron chi connectivity index (χ3n) is 7.57. The molecule has 3 N–H and O–H groups in total. The molecule has 0 aliphatic carbocycles. The van der Waals surface area contributed by atoms with Gasteiger partial charge in [-0.3, -0.25) is 14.4 Å². The summed E-state index contributed by atoms with van der Waals surface area (Å²) >= 11 is 1.39. The Morgan fingerprint density at radius 2 is 1.42 bits per heavy atom. The van der Waals surface area contributed by atoms with Crippen LogP contribution in [0.15, 0.2) is 138 Å². The fraction of sp³-hybridized carbons (Fsp3) is 0.125.